The number of nitrogens with zero attached hydrogens (tertiary/aromatic N) is 1. The molecule has 5 nitrogen and oxygen atoms in total. The first-order valence-corrected chi connectivity index (χ1v) is 10.4. The smallest absolute Gasteiger partial charge is 0.148 e. The number of carbonyl (C=O) groups is 1. The topological polar surface area (TPSA) is 61.8 Å². The standard InChI is InChI=1S/C26H25NO4/c1-2-15-30-23-11-9-21(10-12-23)24-13-14-27(26(28)29)17-25(24)31-18-19-7-8-20-5-3-4-6-22(20)16-19/h1,3-12,16,24-25H,13-15,17-18H2,(H,28,29)/p-1. The molecular weight excluding hydrogens is 390 g/mol. The van der Waals surface area contributed by atoms with E-state index in [-0.39, 0.29) is 25.2 Å². The molecule has 158 valence electrons. The summed E-state index contributed by atoms with van der Waals surface area (Å²) in [7, 11) is 0. The van der Waals surface area contributed by atoms with Crippen LogP contribution in [-0.2, 0) is 11.3 Å². The Bertz CT molecular complexity index is 1090. The van der Waals surface area contributed by atoms with E-state index in [0.29, 0.717) is 25.3 Å². The maximum atomic E-state index is 11.4. The molecule has 0 saturated carbocycles. The summed E-state index contributed by atoms with van der Waals surface area (Å²) in [6.07, 6.45) is 4.48. The zero-order valence-corrected chi connectivity index (χ0v) is 17.2. The fourth-order valence-electron chi connectivity index (χ4n) is 4.10. The third-order valence-corrected chi connectivity index (χ3v) is 5.73. The van der Waals surface area contributed by atoms with E-state index in [1.807, 2.05) is 42.5 Å². The normalized spacial score (nSPS) is 18.5. The predicted molar refractivity (Wildman–Crippen MR) is 118 cm³/mol. The molecule has 1 fully saturated rings. The van der Waals surface area contributed by atoms with Crippen molar-refractivity contribution in [3.05, 3.63) is 77.9 Å². The van der Waals surface area contributed by atoms with Crippen LogP contribution < -0.4 is 9.84 Å². The van der Waals surface area contributed by atoms with Crippen LogP contribution in [0.4, 0.5) is 4.79 Å². The number of benzene rings is 3. The van der Waals surface area contributed by atoms with E-state index in [1.54, 1.807) is 0 Å². The summed E-state index contributed by atoms with van der Waals surface area (Å²) in [5.74, 6) is 3.24. The lowest BCUT2D eigenvalue weighted by Crippen LogP contribution is -2.51. The number of carbonyl (C=O) groups excluding carboxylic acids is 1. The average molecular weight is 414 g/mol. The van der Waals surface area contributed by atoms with Crippen molar-refractivity contribution in [1.82, 2.24) is 4.90 Å². The van der Waals surface area contributed by atoms with Crippen molar-refractivity contribution < 1.29 is 19.4 Å². The largest absolute Gasteiger partial charge is 0.530 e. The summed E-state index contributed by atoms with van der Waals surface area (Å²) in [4.78, 5) is 12.8. The van der Waals surface area contributed by atoms with E-state index in [0.717, 1.165) is 16.5 Å². The summed E-state index contributed by atoms with van der Waals surface area (Å²) in [5, 5.41) is 13.8. The molecular formula is C26H24NO4-. The van der Waals surface area contributed by atoms with E-state index < -0.39 is 6.09 Å². The molecule has 2 atom stereocenters. The minimum absolute atomic E-state index is 0.0812. The number of piperidine rings is 1. The van der Waals surface area contributed by atoms with Crippen LogP contribution in [-0.4, -0.2) is 36.8 Å². The van der Waals surface area contributed by atoms with Crippen molar-refractivity contribution in [2.24, 2.45) is 0 Å². The fourth-order valence-corrected chi connectivity index (χ4v) is 4.10. The lowest BCUT2D eigenvalue weighted by Gasteiger charge is -2.40. The Labute approximate surface area is 182 Å². The van der Waals surface area contributed by atoms with Gasteiger partial charge in [-0.25, -0.2) is 0 Å². The number of amides is 1. The van der Waals surface area contributed by atoms with E-state index in [9.17, 15) is 9.90 Å². The Kier molecular flexibility index (Phi) is 6.40. The molecule has 0 bridgehead atoms. The van der Waals surface area contributed by atoms with Gasteiger partial charge >= 0.3 is 0 Å². The second-order valence-corrected chi connectivity index (χ2v) is 7.70. The van der Waals surface area contributed by atoms with Crippen LogP contribution in [0.15, 0.2) is 66.7 Å². The van der Waals surface area contributed by atoms with Crippen LogP contribution in [0.25, 0.3) is 10.8 Å². The molecule has 0 aromatic heterocycles. The molecule has 3 aromatic carbocycles. The maximum Gasteiger partial charge on any atom is 0.148 e. The Morgan fingerprint density at radius 2 is 1.87 bits per heavy atom. The first-order chi connectivity index (χ1) is 15.1. The van der Waals surface area contributed by atoms with Crippen molar-refractivity contribution in [2.75, 3.05) is 19.7 Å². The second kappa shape index (κ2) is 9.55. The zero-order chi connectivity index (χ0) is 21.6. The van der Waals surface area contributed by atoms with Crippen molar-refractivity contribution in [1.29, 1.82) is 0 Å². The number of rotatable bonds is 6. The maximum absolute atomic E-state index is 11.4. The number of likely N-dealkylation sites (tertiary alicyclic amines) is 1. The monoisotopic (exact) mass is 414 g/mol. The highest BCUT2D eigenvalue weighted by molar-refractivity contribution is 5.82. The summed E-state index contributed by atoms with van der Waals surface area (Å²) in [5.41, 5.74) is 2.15. The van der Waals surface area contributed by atoms with Gasteiger partial charge in [-0.05, 0) is 46.5 Å². The SMILES string of the molecule is C#CCOc1ccc(C2CCN(C(=O)[O-])CC2OCc2ccc3ccccc3c2)cc1. The summed E-state index contributed by atoms with van der Waals surface area (Å²) in [6, 6.07) is 22.2. The van der Waals surface area contributed by atoms with Gasteiger partial charge in [0.1, 0.15) is 18.4 Å². The Balaban J connectivity index is 1.50. The predicted octanol–water partition coefficient (Wildman–Crippen LogP) is 3.57. The number of hydrogen-bond acceptors (Lipinski definition) is 4. The van der Waals surface area contributed by atoms with Crippen molar-refractivity contribution in [2.45, 2.75) is 25.0 Å². The number of ether oxygens (including phenoxy) is 2. The Hall–Kier alpha value is -3.49. The Morgan fingerprint density at radius 3 is 2.61 bits per heavy atom. The lowest BCUT2D eigenvalue weighted by atomic mass is 9.87. The van der Waals surface area contributed by atoms with Crippen LogP contribution >= 0.6 is 0 Å². The zero-order valence-electron chi connectivity index (χ0n) is 17.2. The van der Waals surface area contributed by atoms with E-state index in [4.69, 9.17) is 15.9 Å². The van der Waals surface area contributed by atoms with Crippen LogP contribution in [0, 0.1) is 12.3 Å². The molecule has 0 radical (unpaired) electrons. The highest BCUT2D eigenvalue weighted by atomic mass is 16.5. The van der Waals surface area contributed by atoms with Gasteiger partial charge in [0.05, 0.1) is 12.7 Å². The second-order valence-electron chi connectivity index (χ2n) is 7.70. The van der Waals surface area contributed by atoms with Crippen molar-refractivity contribution >= 4 is 16.9 Å². The van der Waals surface area contributed by atoms with Gasteiger partial charge in [0.25, 0.3) is 0 Å². The van der Waals surface area contributed by atoms with Crippen molar-refractivity contribution in [3.63, 3.8) is 0 Å². The van der Waals surface area contributed by atoms with Crippen LogP contribution in [0.3, 0.4) is 0 Å². The van der Waals surface area contributed by atoms with E-state index >= 15 is 0 Å². The van der Waals surface area contributed by atoms with Gasteiger partial charge in [-0.15, -0.1) is 6.42 Å². The fraction of sp³-hybridized carbons (Fsp3) is 0.269. The number of carboxylic acid groups (broad SMARTS) is 1. The quantitative estimate of drug-likeness (QED) is 0.579. The number of terminal acetylenes is 1. The molecule has 4 rings (SSSR count). The van der Waals surface area contributed by atoms with Gasteiger partial charge in [0.2, 0.25) is 0 Å². The first kappa shape index (κ1) is 20.8. The summed E-state index contributed by atoms with van der Waals surface area (Å²) < 4.78 is 11.7. The van der Waals surface area contributed by atoms with Crippen LogP contribution in [0.1, 0.15) is 23.5 Å². The molecule has 1 saturated heterocycles. The van der Waals surface area contributed by atoms with Crippen LogP contribution in [0.5, 0.6) is 5.75 Å². The third-order valence-electron chi connectivity index (χ3n) is 5.73. The van der Waals surface area contributed by atoms with Crippen molar-refractivity contribution in [3.8, 4) is 18.1 Å². The molecule has 3 aromatic rings. The third kappa shape index (κ3) is 4.99. The molecule has 1 amide bonds. The molecule has 2 unspecified atom stereocenters. The van der Waals surface area contributed by atoms with Gasteiger partial charge in [0.15, 0.2) is 0 Å². The van der Waals surface area contributed by atoms with Crippen LogP contribution in [0.2, 0.25) is 0 Å². The highest BCUT2D eigenvalue weighted by Crippen LogP contribution is 2.32. The molecule has 1 aliphatic rings. The average Bonchev–Trinajstić information content (AvgIpc) is 2.81. The minimum Gasteiger partial charge on any atom is -0.530 e. The van der Waals surface area contributed by atoms with Gasteiger partial charge in [-0.2, -0.15) is 0 Å². The number of fused-ring (bicyclic) bond motifs is 1. The summed E-state index contributed by atoms with van der Waals surface area (Å²) in [6.45, 7) is 1.35. The molecule has 1 aliphatic heterocycles. The van der Waals surface area contributed by atoms with E-state index in [2.05, 4.69) is 30.2 Å². The molecule has 0 aliphatic carbocycles. The van der Waals surface area contributed by atoms with Gasteiger partial charge in [-0.3, -0.25) is 0 Å². The number of hydrogen-bond donors (Lipinski definition) is 0. The van der Waals surface area contributed by atoms with Gasteiger partial charge in [0, 0.05) is 19.0 Å². The molecule has 1 heterocycles. The first-order valence-electron chi connectivity index (χ1n) is 10.4. The molecule has 5 heteroatoms. The van der Waals surface area contributed by atoms with E-state index in [1.165, 1.54) is 10.3 Å². The summed E-state index contributed by atoms with van der Waals surface area (Å²) >= 11 is 0. The Morgan fingerprint density at radius 1 is 1.10 bits per heavy atom. The lowest BCUT2D eigenvalue weighted by molar-refractivity contribution is -0.268. The molecule has 31 heavy (non-hydrogen) atoms. The minimum atomic E-state index is -1.16. The van der Waals surface area contributed by atoms with Gasteiger partial charge in [-0.1, -0.05) is 54.5 Å². The highest BCUT2D eigenvalue weighted by Gasteiger charge is 2.31. The molecule has 0 spiro atoms. The van der Waals surface area contributed by atoms with Gasteiger partial charge < -0.3 is 24.3 Å². The molecule has 0 N–H and O–H groups in total.